The van der Waals surface area contributed by atoms with Crippen molar-refractivity contribution in [2.75, 3.05) is 25.2 Å². The van der Waals surface area contributed by atoms with Gasteiger partial charge in [0.1, 0.15) is 6.33 Å². The van der Waals surface area contributed by atoms with Gasteiger partial charge < -0.3 is 15.3 Å². The van der Waals surface area contributed by atoms with Gasteiger partial charge in [-0.25, -0.2) is 20.5 Å². The van der Waals surface area contributed by atoms with E-state index in [0.29, 0.717) is 36.7 Å². The lowest BCUT2D eigenvalue weighted by Gasteiger charge is -2.02. The Morgan fingerprint density at radius 3 is 3.06 bits per heavy atom. The van der Waals surface area contributed by atoms with Gasteiger partial charge in [-0.1, -0.05) is 5.21 Å². The average molecular weight is 239 g/mol. The van der Waals surface area contributed by atoms with E-state index in [0.717, 1.165) is 0 Å². The van der Waals surface area contributed by atoms with Gasteiger partial charge in [-0.3, -0.25) is 0 Å². The molecule has 92 valence electrons. The summed E-state index contributed by atoms with van der Waals surface area (Å²) in [6, 6.07) is 0. The topological polar surface area (TPSA) is 124 Å². The van der Waals surface area contributed by atoms with E-state index in [1.165, 1.54) is 6.33 Å². The lowest BCUT2D eigenvalue weighted by molar-refractivity contribution is 0.0856. The van der Waals surface area contributed by atoms with Gasteiger partial charge in [0.15, 0.2) is 17.0 Å². The second kappa shape index (κ2) is 5.48. The van der Waals surface area contributed by atoms with Gasteiger partial charge in [-0.15, -0.1) is 5.10 Å². The largest absolute Gasteiger partial charge is 0.394 e. The Morgan fingerprint density at radius 2 is 2.29 bits per heavy atom. The minimum absolute atomic E-state index is 0.00150. The zero-order chi connectivity index (χ0) is 12.1. The number of nitrogen functional groups attached to an aromatic ring is 1. The molecule has 0 saturated heterocycles. The Kier molecular flexibility index (Phi) is 3.75. The molecule has 0 aliphatic rings. The smallest absolute Gasteiger partial charge is 0.183 e. The molecule has 9 heteroatoms. The summed E-state index contributed by atoms with van der Waals surface area (Å²) in [7, 11) is 0. The average Bonchev–Trinajstić information content (AvgIpc) is 2.78. The summed E-state index contributed by atoms with van der Waals surface area (Å²) in [5.74, 6) is 5.72. The van der Waals surface area contributed by atoms with Gasteiger partial charge in [0.25, 0.3) is 0 Å². The summed E-state index contributed by atoms with van der Waals surface area (Å²) in [6.07, 6.45) is 1.38. The van der Waals surface area contributed by atoms with E-state index in [1.807, 2.05) is 0 Å². The number of rotatable bonds is 6. The Hall–Kier alpha value is -1.84. The molecule has 0 spiro atoms. The van der Waals surface area contributed by atoms with Crippen LogP contribution in [-0.4, -0.2) is 49.9 Å². The van der Waals surface area contributed by atoms with Crippen LogP contribution in [-0.2, 0) is 11.3 Å². The second-order valence-electron chi connectivity index (χ2n) is 3.19. The van der Waals surface area contributed by atoms with Crippen molar-refractivity contribution in [1.82, 2.24) is 25.0 Å². The predicted molar refractivity (Wildman–Crippen MR) is 58.8 cm³/mol. The molecular weight excluding hydrogens is 226 g/mol. The third-order valence-electron chi connectivity index (χ3n) is 2.12. The van der Waals surface area contributed by atoms with Crippen LogP contribution in [0.4, 0.5) is 5.82 Å². The van der Waals surface area contributed by atoms with Crippen molar-refractivity contribution in [1.29, 1.82) is 0 Å². The van der Waals surface area contributed by atoms with E-state index in [9.17, 15) is 0 Å². The number of nitrogens with zero attached hydrogens (tertiary/aromatic N) is 5. The predicted octanol–water partition coefficient (Wildman–Crippen LogP) is -1.48. The number of hydrogen-bond acceptors (Lipinski definition) is 8. The highest BCUT2D eigenvalue weighted by molar-refractivity contribution is 5.81. The summed E-state index contributed by atoms with van der Waals surface area (Å²) in [6.45, 7) is 1.23. The van der Waals surface area contributed by atoms with Crippen LogP contribution in [0.3, 0.4) is 0 Å². The Balaban J connectivity index is 2.13. The molecule has 4 N–H and O–H groups in total. The molecule has 0 saturated carbocycles. The maximum atomic E-state index is 8.56. The van der Waals surface area contributed by atoms with Crippen molar-refractivity contribution in [2.45, 2.75) is 6.54 Å². The summed E-state index contributed by atoms with van der Waals surface area (Å²) < 4.78 is 6.73. The first-order chi connectivity index (χ1) is 8.36. The van der Waals surface area contributed by atoms with Crippen molar-refractivity contribution in [2.24, 2.45) is 5.84 Å². The molecule has 0 aliphatic heterocycles. The fourth-order valence-corrected chi connectivity index (χ4v) is 1.37. The fourth-order valence-electron chi connectivity index (χ4n) is 1.37. The Labute approximate surface area is 96.6 Å². The Morgan fingerprint density at radius 1 is 1.41 bits per heavy atom. The number of ether oxygens (including phenoxy) is 1. The first kappa shape index (κ1) is 11.6. The molecule has 2 heterocycles. The zero-order valence-electron chi connectivity index (χ0n) is 9.07. The van der Waals surface area contributed by atoms with Crippen LogP contribution in [0.2, 0.25) is 0 Å². The molecule has 2 aromatic rings. The molecule has 2 rings (SSSR count). The number of fused-ring (bicyclic) bond motifs is 1. The van der Waals surface area contributed by atoms with Crippen LogP contribution < -0.4 is 11.3 Å². The number of anilines is 1. The van der Waals surface area contributed by atoms with Crippen molar-refractivity contribution < 1.29 is 9.84 Å². The maximum Gasteiger partial charge on any atom is 0.183 e. The number of hydrogen-bond donors (Lipinski definition) is 3. The van der Waals surface area contributed by atoms with E-state index < -0.39 is 0 Å². The van der Waals surface area contributed by atoms with Crippen LogP contribution in [0.5, 0.6) is 0 Å². The molecule has 2 aromatic heterocycles. The third-order valence-corrected chi connectivity index (χ3v) is 2.12. The van der Waals surface area contributed by atoms with E-state index in [2.05, 4.69) is 25.7 Å². The second-order valence-corrected chi connectivity index (χ2v) is 3.19. The van der Waals surface area contributed by atoms with Crippen LogP contribution in [0, 0.1) is 0 Å². The summed E-state index contributed by atoms with van der Waals surface area (Å²) in [5, 5.41) is 16.4. The van der Waals surface area contributed by atoms with Crippen LogP contribution in [0.25, 0.3) is 11.2 Å². The van der Waals surface area contributed by atoms with Crippen LogP contribution in [0.15, 0.2) is 6.33 Å². The number of hydrazine groups is 1. The highest BCUT2D eigenvalue weighted by atomic mass is 16.5. The van der Waals surface area contributed by atoms with Gasteiger partial charge in [-0.05, 0) is 0 Å². The van der Waals surface area contributed by atoms with Gasteiger partial charge in [0.2, 0.25) is 0 Å². The van der Waals surface area contributed by atoms with E-state index in [-0.39, 0.29) is 6.61 Å². The minimum atomic E-state index is 0.00150. The molecule has 0 amide bonds. The normalized spacial score (nSPS) is 10.9. The zero-order valence-corrected chi connectivity index (χ0v) is 9.07. The molecule has 0 unspecified atom stereocenters. The number of aliphatic hydroxyl groups excluding tert-OH is 1. The van der Waals surface area contributed by atoms with E-state index in [1.54, 1.807) is 4.68 Å². The Bertz CT molecular complexity index is 486. The van der Waals surface area contributed by atoms with Crippen molar-refractivity contribution in [3.63, 3.8) is 0 Å². The standard InChI is InChI=1S/C8H13N7O2/c9-12-7-6-8(11-5-10-7)15(14-13-6)1-3-17-4-2-16/h5,16H,1-4,9H2,(H,10,11,12). The first-order valence-electron chi connectivity index (χ1n) is 5.06. The number of nitrogens with two attached hydrogens (primary N) is 1. The maximum absolute atomic E-state index is 8.56. The molecule has 17 heavy (non-hydrogen) atoms. The SMILES string of the molecule is NNc1ncnc2c1nnn2CCOCCO. The van der Waals surface area contributed by atoms with Crippen molar-refractivity contribution in [3.05, 3.63) is 6.33 Å². The summed E-state index contributed by atoms with van der Waals surface area (Å²) in [5.41, 5.74) is 3.52. The molecule has 0 atom stereocenters. The molecule has 0 bridgehead atoms. The monoisotopic (exact) mass is 239 g/mol. The minimum Gasteiger partial charge on any atom is -0.394 e. The number of nitrogens with one attached hydrogen (secondary N) is 1. The molecule has 0 aromatic carbocycles. The molecule has 0 radical (unpaired) electrons. The lowest BCUT2D eigenvalue weighted by atomic mass is 10.5. The van der Waals surface area contributed by atoms with Gasteiger partial charge >= 0.3 is 0 Å². The van der Waals surface area contributed by atoms with Crippen molar-refractivity contribution in [3.8, 4) is 0 Å². The summed E-state index contributed by atoms with van der Waals surface area (Å²) >= 11 is 0. The van der Waals surface area contributed by atoms with Gasteiger partial charge in [0, 0.05) is 0 Å². The lowest BCUT2D eigenvalue weighted by Crippen LogP contribution is -2.11. The van der Waals surface area contributed by atoms with Crippen LogP contribution in [0.1, 0.15) is 0 Å². The van der Waals surface area contributed by atoms with Gasteiger partial charge in [-0.2, -0.15) is 0 Å². The first-order valence-corrected chi connectivity index (χ1v) is 5.06. The molecule has 9 nitrogen and oxygen atoms in total. The van der Waals surface area contributed by atoms with E-state index >= 15 is 0 Å². The van der Waals surface area contributed by atoms with E-state index in [4.69, 9.17) is 15.7 Å². The highest BCUT2D eigenvalue weighted by Crippen LogP contribution is 2.14. The number of aromatic nitrogens is 5. The van der Waals surface area contributed by atoms with Crippen LogP contribution >= 0.6 is 0 Å². The third kappa shape index (κ3) is 2.46. The fraction of sp³-hybridized carbons (Fsp3) is 0.500. The molecule has 0 aliphatic carbocycles. The quantitative estimate of drug-likeness (QED) is 0.316. The highest BCUT2D eigenvalue weighted by Gasteiger charge is 2.10. The molecule has 0 fully saturated rings. The van der Waals surface area contributed by atoms with Crippen molar-refractivity contribution >= 4 is 17.0 Å². The van der Waals surface area contributed by atoms with Gasteiger partial charge in [0.05, 0.1) is 26.4 Å². The number of aliphatic hydroxyl groups is 1. The summed E-state index contributed by atoms with van der Waals surface area (Å²) in [4.78, 5) is 8.00. The molecular formula is C8H13N7O2.